The van der Waals surface area contributed by atoms with Crippen LogP contribution in [0.2, 0.25) is 0 Å². The van der Waals surface area contributed by atoms with Crippen LogP contribution in [0.3, 0.4) is 0 Å². The van der Waals surface area contributed by atoms with Crippen molar-refractivity contribution in [2.75, 3.05) is 7.11 Å². The number of hydrogen-bond donors (Lipinski definition) is 0. The van der Waals surface area contributed by atoms with Crippen molar-refractivity contribution in [2.24, 2.45) is 0 Å². The Labute approximate surface area is 138 Å². The molecule has 3 heterocycles. The summed E-state index contributed by atoms with van der Waals surface area (Å²) in [5.41, 5.74) is 5.30. The van der Waals surface area contributed by atoms with Crippen molar-refractivity contribution in [3.8, 4) is 11.4 Å². The van der Waals surface area contributed by atoms with Gasteiger partial charge in [-0.3, -0.25) is 8.97 Å². The van der Waals surface area contributed by atoms with Gasteiger partial charge in [0, 0.05) is 17.3 Å². The molecule has 3 aromatic heterocycles. The van der Waals surface area contributed by atoms with Crippen LogP contribution in [0, 0.1) is 0 Å². The van der Waals surface area contributed by atoms with Crippen LogP contribution in [0.4, 0.5) is 0 Å². The number of ether oxygens (including phenoxy) is 1. The van der Waals surface area contributed by atoms with Crippen LogP contribution in [0.15, 0.2) is 72.9 Å². The Kier molecular flexibility index (Phi) is 2.67. The molecule has 0 spiro atoms. The van der Waals surface area contributed by atoms with E-state index in [0.717, 1.165) is 39.2 Å². The van der Waals surface area contributed by atoms with Gasteiger partial charge in [-0.2, -0.15) is 0 Å². The Morgan fingerprint density at radius 3 is 2.50 bits per heavy atom. The molecule has 0 aliphatic heterocycles. The molecule has 0 amide bonds. The summed E-state index contributed by atoms with van der Waals surface area (Å²) in [4.78, 5) is 4.84. The number of imidazole rings is 1. The molecule has 0 radical (unpaired) electrons. The Balaban J connectivity index is 1.96. The van der Waals surface area contributed by atoms with Gasteiger partial charge >= 0.3 is 0 Å². The number of para-hydroxylation sites is 1. The average Bonchev–Trinajstić information content (AvgIpc) is 3.17. The minimum atomic E-state index is 0.851. The molecule has 0 saturated heterocycles. The van der Waals surface area contributed by atoms with Crippen molar-refractivity contribution >= 4 is 27.7 Å². The van der Waals surface area contributed by atoms with Gasteiger partial charge in [0.1, 0.15) is 16.9 Å². The lowest BCUT2D eigenvalue weighted by Crippen LogP contribution is -1.97. The molecule has 0 bridgehead atoms. The molecule has 0 N–H and O–H groups in total. The maximum atomic E-state index is 5.29. The monoisotopic (exact) mass is 313 g/mol. The highest BCUT2D eigenvalue weighted by atomic mass is 16.5. The van der Waals surface area contributed by atoms with Crippen molar-refractivity contribution in [3.05, 3.63) is 72.9 Å². The van der Waals surface area contributed by atoms with Crippen LogP contribution in [-0.2, 0) is 0 Å². The number of nitrogens with zero attached hydrogens (tertiary/aromatic N) is 3. The molecule has 0 atom stereocenters. The summed E-state index contributed by atoms with van der Waals surface area (Å²) in [6.07, 6.45) is 2.06. The zero-order chi connectivity index (χ0) is 16.1. The summed E-state index contributed by atoms with van der Waals surface area (Å²) in [5.74, 6) is 0.851. The molecule has 0 aliphatic carbocycles. The molecule has 116 valence electrons. The average molecular weight is 313 g/mol. The lowest BCUT2D eigenvalue weighted by atomic mass is 10.2. The van der Waals surface area contributed by atoms with Gasteiger partial charge < -0.3 is 4.74 Å². The number of hydrogen-bond acceptors (Lipinski definition) is 2. The van der Waals surface area contributed by atoms with E-state index in [1.165, 1.54) is 0 Å². The largest absolute Gasteiger partial charge is 0.497 e. The number of benzene rings is 2. The first-order valence-corrected chi connectivity index (χ1v) is 7.87. The molecule has 0 unspecified atom stereocenters. The molecular weight excluding hydrogens is 298 g/mol. The van der Waals surface area contributed by atoms with E-state index in [1.807, 2.05) is 30.3 Å². The van der Waals surface area contributed by atoms with Gasteiger partial charge in [-0.05, 0) is 42.5 Å². The fourth-order valence-electron chi connectivity index (χ4n) is 3.35. The van der Waals surface area contributed by atoms with Crippen molar-refractivity contribution in [1.29, 1.82) is 0 Å². The van der Waals surface area contributed by atoms with E-state index in [0.29, 0.717) is 0 Å². The number of aromatic nitrogens is 3. The Bertz CT molecular complexity index is 1180. The van der Waals surface area contributed by atoms with Crippen LogP contribution in [-0.4, -0.2) is 21.1 Å². The van der Waals surface area contributed by atoms with Gasteiger partial charge in [-0.1, -0.05) is 24.3 Å². The van der Waals surface area contributed by atoms with Gasteiger partial charge in [0.05, 0.1) is 12.6 Å². The van der Waals surface area contributed by atoms with E-state index in [4.69, 9.17) is 9.72 Å². The second-order valence-corrected chi connectivity index (χ2v) is 5.76. The van der Waals surface area contributed by atoms with Crippen LogP contribution >= 0.6 is 0 Å². The van der Waals surface area contributed by atoms with Gasteiger partial charge in [-0.25, -0.2) is 4.98 Å². The summed E-state index contributed by atoms with van der Waals surface area (Å²) in [6, 6.07) is 22.6. The summed E-state index contributed by atoms with van der Waals surface area (Å²) >= 11 is 0. The molecule has 4 heteroatoms. The molecule has 0 aliphatic rings. The van der Waals surface area contributed by atoms with Crippen molar-refractivity contribution in [2.45, 2.75) is 0 Å². The molecule has 4 nitrogen and oxygen atoms in total. The smallest absolute Gasteiger partial charge is 0.150 e. The van der Waals surface area contributed by atoms with Crippen LogP contribution < -0.4 is 4.74 Å². The lowest BCUT2D eigenvalue weighted by molar-refractivity contribution is 0.415. The summed E-state index contributed by atoms with van der Waals surface area (Å²) in [5, 5.41) is 1.16. The first-order valence-electron chi connectivity index (χ1n) is 7.87. The van der Waals surface area contributed by atoms with Crippen molar-refractivity contribution in [1.82, 2.24) is 14.0 Å². The third kappa shape index (κ3) is 1.71. The highest BCUT2D eigenvalue weighted by Crippen LogP contribution is 2.32. The predicted octanol–water partition coefficient (Wildman–Crippen LogP) is 4.44. The zero-order valence-electron chi connectivity index (χ0n) is 13.2. The minimum Gasteiger partial charge on any atom is -0.497 e. The normalized spacial score (nSPS) is 11.5. The molecule has 2 aromatic carbocycles. The molecule has 0 fully saturated rings. The van der Waals surface area contributed by atoms with Gasteiger partial charge in [0.2, 0.25) is 0 Å². The number of methoxy groups -OCH3 is 1. The van der Waals surface area contributed by atoms with E-state index in [2.05, 4.69) is 51.6 Å². The summed E-state index contributed by atoms with van der Waals surface area (Å²) in [6.45, 7) is 0. The van der Waals surface area contributed by atoms with E-state index >= 15 is 0 Å². The standard InChI is InChI=1S/C20H15N3O/c1-24-15-11-9-14(10-12-15)23-17-7-3-2-6-16(17)19-20(23)22-13-5-4-8-18(22)21-19/h2-13H,1H3. The third-order valence-electron chi connectivity index (χ3n) is 4.45. The molecular formula is C20H15N3O. The van der Waals surface area contributed by atoms with Crippen LogP contribution in [0.5, 0.6) is 5.75 Å². The van der Waals surface area contributed by atoms with E-state index in [1.54, 1.807) is 7.11 Å². The SMILES string of the molecule is COc1ccc(-n2c3ccccc3c3nc4ccccn4c32)cc1. The first kappa shape index (κ1) is 13.2. The predicted molar refractivity (Wildman–Crippen MR) is 96.1 cm³/mol. The highest BCUT2D eigenvalue weighted by molar-refractivity contribution is 6.07. The summed E-state index contributed by atoms with van der Waals surface area (Å²) < 4.78 is 9.68. The van der Waals surface area contributed by atoms with Crippen molar-refractivity contribution < 1.29 is 4.74 Å². The van der Waals surface area contributed by atoms with Gasteiger partial charge in [-0.15, -0.1) is 0 Å². The fourth-order valence-corrected chi connectivity index (χ4v) is 3.35. The van der Waals surface area contributed by atoms with Crippen molar-refractivity contribution in [3.63, 3.8) is 0 Å². The number of pyridine rings is 1. The van der Waals surface area contributed by atoms with E-state index in [9.17, 15) is 0 Å². The molecule has 5 aromatic rings. The Morgan fingerprint density at radius 1 is 0.875 bits per heavy atom. The lowest BCUT2D eigenvalue weighted by Gasteiger charge is -2.09. The van der Waals surface area contributed by atoms with Crippen LogP contribution in [0.25, 0.3) is 33.4 Å². The third-order valence-corrected chi connectivity index (χ3v) is 4.45. The minimum absolute atomic E-state index is 0.851. The second-order valence-electron chi connectivity index (χ2n) is 5.76. The number of rotatable bonds is 2. The Morgan fingerprint density at radius 2 is 1.67 bits per heavy atom. The zero-order valence-corrected chi connectivity index (χ0v) is 13.2. The Hall–Kier alpha value is -3.27. The fraction of sp³-hybridized carbons (Fsp3) is 0.0500. The maximum absolute atomic E-state index is 5.29. The molecule has 24 heavy (non-hydrogen) atoms. The topological polar surface area (TPSA) is 31.5 Å². The second kappa shape index (κ2) is 4.86. The van der Waals surface area contributed by atoms with E-state index < -0.39 is 0 Å². The van der Waals surface area contributed by atoms with Crippen LogP contribution in [0.1, 0.15) is 0 Å². The highest BCUT2D eigenvalue weighted by Gasteiger charge is 2.17. The number of fused-ring (bicyclic) bond motifs is 5. The van der Waals surface area contributed by atoms with E-state index in [-0.39, 0.29) is 0 Å². The van der Waals surface area contributed by atoms with Gasteiger partial charge in [0.15, 0.2) is 5.65 Å². The van der Waals surface area contributed by atoms with Gasteiger partial charge in [0.25, 0.3) is 0 Å². The quantitative estimate of drug-likeness (QED) is 0.482. The first-order chi connectivity index (χ1) is 11.9. The maximum Gasteiger partial charge on any atom is 0.150 e. The molecule has 5 rings (SSSR count). The summed E-state index contributed by atoms with van der Waals surface area (Å²) in [7, 11) is 1.68. The molecule has 0 saturated carbocycles.